The summed E-state index contributed by atoms with van der Waals surface area (Å²) in [4.78, 5) is 27.2. The minimum atomic E-state index is -0.769. The molecule has 26 heavy (non-hydrogen) atoms. The lowest BCUT2D eigenvalue weighted by Crippen LogP contribution is -2.41. The predicted octanol–water partition coefficient (Wildman–Crippen LogP) is 3.25. The molecule has 6 nitrogen and oxygen atoms in total. The summed E-state index contributed by atoms with van der Waals surface area (Å²) in [6, 6.07) is 8.94. The molecule has 0 aliphatic carbocycles. The fraction of sp³-hybridized carbons (Fsp3) is 0.316. The Hall–Kier alpha value is -2.96. The number of hydrogen-bond acceptors (Lipinski definition) is 4. The summed E-state index contributed by atoms with van der Waals surface area (Å²) in [5, 5.41) is 0. The van der Waals surface area contributed by atoms with Gasteiger partial charge < -0.3 is 4.74 Å². The monoisotopic (exact) mass is 359 g/mol. The van der Waals surface area contributed by atoms with Crippen LogP contribution in [0.4, 0.5) is 4.39 Å². The Bertz CT molecular complexity index is 735. The van der Waals surface area contributed by atoms with Crippen molar-refractivity contribution in [2.75, 3.05) is 6.61 Å². The van der Waals surface area contributed by atoms with Gasteiger partial charge in [-0.3, -0.25) is 20.4 Å². The molecule has 0 saturated carbocycles. The lowest BCUT2D eigenvalue weighted by atomic mass is 10.2. The van der Waals surface area contributed by atoms with Gasteiger partial charge in [0.15, 0.2) is 0 Å². The van der Waals surface area contributed by atoms with E-state index in [9.17, 15) is 14.0 Å². The molecule has 7 heteroatoms. The van der Waals surface area contributed by atoms with Crippen molar-refractivity contribution in [1.82, 2.24) is 15.8 Å². The van der Waals surface area contributed by atoms with E-state index in [4.69, 9.17) is 4.74 Å². The van der Waals surface area contributed by atoms with E-state index < -0.39 is 17.8 Å². The summed E-state index contributed by atoms with van der Waals surface area (Å²) >= 11 is 0. The Kier molecular flexibility index (Phi) is 7.54. The summed E-state index contributed by atoms with van der Waals surface area (Å²) in [6.07, 6.45) is 5.68. The number of halogens is 1. The summed E-state index contributed by atoms with van der Waals surface area (Å²) in [5.74, 6) is -1.20. The molecule has 2 rings (SSSR count). The number of hydrogen-bond donors (Lipinski definition) is 2. The molecule has 2 amide bonds. The van der Waals surface area contributed by atoms with E-state index >= 15 is 0 Å². The second-order valence-electron chi connectivity index (χ2n) is 5.71. The van der Waals surface area contributed by atoms with Crippen LogP contribution in [0.3, 0.4) is 0 Å². The first-order chi connectivity index (χ1) is 12.6. The fourth-order valence-corrected chi connectivity index (χ4v) is 2.22. The van der Waals surface area contributed by atoms with Gasteiger partial charge in [-0.15, -0.1) is 0 Å². The van der Waals surface area contributed by atoms with Crippen molar-refractivity contribution in [2.24, 2.45) is 0 Å². The Morgan fingerprint density at radius 2 is 1.69 bits per heavy atom. The predicted molar refractivity (Wildman–Crippen MR) is 95.2 cm³/mol. The maximum absolute atomic E-state index is 13.0. The fourth-order valence-electron chi connectivity index (χ4n) is 2.22. The van der Waals surface area contributed by atoms with E-state index in [1.54, 1.807) is 24.3 Å². The van der Waals surface area contributed by atoms with Crippen molar-refractivity contribution >= 4 is 11.8 Å². The van der Waals surface area contributed by atoms with Crippen LogP contribution in [0.2, 0.25) is 0 Å². The largest absolute Gasteiger partial charge is 0.494 e. The van der Waals surface area contributed by atoms with Gasteiger partial charge in [-0.2, -0.15) is 4.39 Å². The van der Waals surface area contributed by atoms with Crippen LogP contribution in [0.5, 0.6) is 5.75 Å². The number of carbonyl (C=O) groups is 2. The molecule has 1 aromatic carbocycles. The first-order valence-corrected chi connectivity index (χ1v) is 8.55. The molecule has 0 unspecified atom stereocenters. The zero-order valence-electron chi connectivity index (χ0n) is 14.6. The zero-order valence-corrected chi connectivity index (χ0v) is 14.6. The molecule has 0 spiro atoms. The maximum atomic E-state index is 13.0. The number of rotatable bonds is 8. The molecular formula is C19H22FN3O3. The molecule has 0 saturated heterocycles. The summed E-state index contributed by atoms with van der Waals surface area (Å²) in [6.45, 7) is 2.80. The molecule has 1 aromatic heterocycles. The zero-order chi connectivity index (χ0) is 18.8. The lowest BCUT2D eigenvalue weighted by Gasteiger charge is -2.09. The molecule has 2 N–H and O–H groups in total. The summed E-state index contributed by atoms with van der Waals surface area (Å²) < 4.78 is 18.6. The van der Waals surface area contributed by atoms with Crippen molar-refractivity contribution < 1.29 is 18.7 Å². The molecule has 0 fully saturated rings. The van der Waals surface area contributed by atoms with Crippen LogP contribution in [0.25, 0.3) is 0 Å². The van der Waals surface area contributed by atoms with Crippen molar-refractivity contribution in [1.29, 1.82) is 0 Å². The molecule has 0 bridgehead atoms. The highest BCUT2D eigenvalue weighted by molar-refractivity contribution is 5.99. The number of unbranched alkanes of at least 4 members (excludes halogenated alkanes) is 3. The van der Waals surface area contributed by atoms with E-state index in [1.165, 1.54) is 25.1 Å². The molecule has 0 aliphatic rings. The van der Waals surface area contributed by atoms with E-state index in [1.807, 2.05) is 0 Å². The third kappa shape index (κ3) is 6.16. The number of pyridine rings is 1. The number of nitrogens with one attached hydrogen (secondary N) is 2. The lowest BCUT2D eigenvalue weighted by molar-refractivity contribution is 0.0846. The van der Waals surface area contributed by atoms with Crippen LogP contribution >= 0.6 is 0 Å². The van der Waals surface area contributed by atoms with Gasteiger partial charge in [0.2, 0.25) is 5.95 Å². The average molecular weight is 359 g/mol. The van der Waals surface area contributed by atoms with Crippen molar-refractivity contribution in [3.05, 3.63) is 59.7 Å². The standard InChI is InChI=1S/C19H22FN3O3/c1-2-3-4-5-12-26-16-8-6-14(7-9-16)18(24)22-23-19(25)15-10-11-21-17(20)13-15/h6-11,13H,2-5,12H2,1H3,(H,22,24)(H,23,25). The van der Waals surface area contributed by atoms with E-state index in [2.05, 4.69) is 22.8 Å². The highest BCUT2D eigenvalue weighted by Gasteiger charge is 2.10. The Balaban J connectivity index is 1.79. The van der Waals surface area contributed by atoms with E-state index in [-0.39, 0.29) is 5.56 Å². The topological polar surface area (TPSA) is 80.3 Å². The quantitative estimate of drug-likeness (QED) is 0.431. The van der Waals surface area contributed by atoms with E-state index in [0.717, 1.165) is 18.9 Å². The molecule has 138 valence electrons. The normalized spacial score (nSPS) is 10.2. The molecule has 0 atom stereocenters. The third-order valence-corrected chi connectivity index (χ3v) is 3.66. The van der Waals surface area contributed by atoms with Gasteiger partial charge >= 0.3 is 0 Å². The average Bonchev–Trinajstić information content (AvgIpc) is 2.66. The number of ether oxygens (including phenoxy) is 1. The first-order valence-electron chi connectivity index (χ1n) is 8.55. The highest BCUT2D eigenvalue weighted by Crippen LogP contribution is 2.13. The summed E-state index contributed by atoms with van der Waals surface area (Å²) in [7, 11) is 0. The van der Waals surface area contributed by atoms with Gasteiger partial charge in [0, 0.05) is 23.4 Å². The van der Waals surface area contributed by atoms with Gasteiger partial charge in [-0.05, 0) is 36.8 Å². The van der Waals surface area contributed by atoms with Crippen molar-refractivity contribution in [2.45, 2.75) is 32.6 Å². The Morgan fingerprint density at radius 3 is 2.35 bits per heavy atom. The molecule has 0 aliphatic heterocycles. The minimum absolute atomic E-state index is 0.0598. The molecular weight excluding hydrogens is 337 g/mol. The second-order valence-corrected chi connectivity index (χ2v) is 5.71. The van der Waals surface area contributed by atoms with Crippen LogP contribution in [-0.4, -0.2) is 23.4 Å². The number of amides is 2. The van der Waals surface area contributed by atoms with Crippen LogP contribution in [0, 0.1) is 5.95 Å². The number of aromatic nitrogens is 1. The van der Waals surface area contributed by atoms with Gasteiger partial charge in [0.25, 0.3) is 11.8 Å². The van der Waals surface area contributed by atoms with Crippen molar-refractivity contribution in [3.8, 4) is 5.75 Å². The number of hydrazine groups is 1. The van der Waals surface area contributed by atoms with E-state index in [0.29, 0.717) is 17.9 Å². The Morgan fingerprint density at radius 1 is 1.00 bits per heavy atom. The minimum Gasteiger partial charge on any atom is -0.494 e. The van der Waals surface area contributed by atoms with Gasteiger partial charge in [0.1, 0.15) is 5.75 Å². The maximum Gasteiger partial charge on any atom is 0.269 e. The number of carbonyl (C=O) groups excluding carboxylic acids is 2. The SMILES string of the molecule is CCCCCCOc1ccc(C(=O)NNC(=O)c2ccnc(F)c2)cc1. The first kappa shape index (κ1) is 19.4. The third-order valence-electron chi connectivity index (χ3n) is 3.66. The smallest absolute Gasteiger partial charge is 0.269 e. The second kappa shape index (κ2) is 10.1. The summed E-state index contributed by atoms with van der Waals surface area (Å²) in [5.41, 5.74) is 4.93. The molecule has 2 aromatic rings. The van der Waals surface area contributed by atoms with Gasteiger partial charge in [-0.1, -0.05) is 26.2 Å². The number of nitrogens with zero attached hydrogens (tertiary/aromatic N) is 1. The van der Waals surface area contributed by atoms with Crippen LogP contribution in [0.1, 0.15) is 53.3 Å². The molecule has 1 heterocycles. The highest BCUT2D eigenvalue weighted by atomic mass is 19.1. The number of benzene rings is 1. The Labute approximate surface area is 151 Å². The van der Waals surface area contributed by atoms with Crippen LogP contribution in [-0.2, 0) is 0 Å². The van der Waals surface area contributed by atoms with Crippen molar-refractivity contribution in [3.63, 3.8) is 0 Å². The molecule has 0 radical (unpaired) electrons. The van der Waals surface area contributed by atoms with Gasteiger partial charge in [0.05, 0.1) is 6.61 Å². The van der Waals surface area contributed by atoms with Gasteiger partial charge in [-0.25, -0.2) is 4.98 Å². The van der Waals surface area contributed by atoms with Crippen LogP contribution < -0.4 is 15.6 Å². The van der Waals surface area contributed by atoms with Crippen LogP contribution in [0.15, 0.2) is 42.6 Å².